The van der Waals surface area contributed by atoms with E-state index in [1.807, 2.05) is 0 Å². The minimum Gasteiger partial charge on any atom is -0.478 e. The number of carbonyl (C=O) groups is 2. The van der Waals surface area contributed by atoms with E-state index in [0.717, 1.165) is 0 Å². The van der Waals surface area contributed by atoms with E-state index in [1.54, 1.807) is 72.8 Å². The molecule has 0 aliphatic rings. The molecule has 0 saturated carbocycles. The zero-order chi connectivity index (χ0) is 24.9. The van der Waals surface area contributed by atoms with Gasteiger partial charge in [-0.3, -0.25) is 0 Å². The Morgan fingerprint density at radius 2 is 0.971 bits per heavy atom. The van der Waals surface area contributed by atoms with Crippen LogP contribution in [0.4, 0.5) is 11.4 Å². The van der Waals surface area contributed by atoms with Crippen molar-refractivity contribution in [2.24, 2.45) is 0 Å². The van der Waals surface area contributed by atoms with Crippen LogP contribution >= 0.6 is 0 Å². The maximum atomic E-state index is 11.9. The van der Waals surface area contributed by atoms with Crippen molar-refractivity contribution in [3.05, 3.63) is 107 Å². The molecule has 0 aliphatic heterocycles. The van der Waals surface area contributed by atoms with Gasteiger partial charge in [-0.05, 0) is 90.3 Å². The van der Waals surface area contributed by atoms with Crippen LogP contribution in [0, 0.1) is 0 Å². The molecule has 0 bridgehead atoms. The number of aromatic carboxylic acids is 2. The lowest BCUT2D eigenvalue weighted by molar-refractivity contribution is 0.0683. The van der Waals surface area contributed by atoms with Gasteiger partial charge in [-0.2, -0.15) is 0 Å². The van der Waals surface area contributed by atoms with E-state index >= 15 is 0 Å². The Bertz CT molecular complexity index is 1280. The van der Waals surface area contributed by atoms with Crippen molar-refractivity contribution in [2.45, 2.75) is 6.42 Å². The molecule has 0 unspecified atom stereocenters. The first-order chi connectivity index (χ1) is 16.8. The highest BCUT2D eigenvalue weighted by Gasteiger charge is 2.16. The normalized spacial score (nSPS) is 10.5. The third kappa shape index (κ3) is 5.69. The molecule has 4 aromatic carbocycles. The van der Waals surface area contributed by atoms with Crippen molar-refractivity contribution in [1.29, 1.82) is 0 Å². The van der Waals surface area contributed by atoms with Crippen LogP contribution in [0.2, 0.25) is 0 Å². The third-order valence-electron chi connectivity index (χ3n) is 5.17. The van der Waals surface area contributed by atoms with Crippen molar-refractivity contribution in [2.75, 3.05) is 11.5 Å². The molecule has 35 heavy (non-hydrogen) atoms. The molecule has 0 radical (unpaired) electrons. The fraction of sp³-hybridized carbons (Fsp3) is 0.0370. The van der Waals surface area contributed by atoms with E-state index in [0.29, 0.717) is 40.4 Å². The van der Waals surface area contributed by atoms with Gasteiger partial charge in [0.25, 0.3) is 0 Å². The summed E-state index contributed by atoms with van der Waals surface area (Å²) in [4.78, 5) is 23.7. The summed E-state index contributed by atoms with van der Waals surface area (Å²) in [5.41, 5.74) is 13.8. The third-order valence-corrected chi connectivity index (χ3v) is 5.17. The number of ether oxygens (including phenoxy) is 2. The summed E-state index contributed by atoms with van der Waals surface area (Å²) in [6, 6.07) is 22.9. The monoisotopic (exact) mass is 470 g/mol. The number of benzene rings is 4. The number of carboxylic acids is 2. The second-order valence-electron chi connectivity index (χ2n) is 7.79. The van der Waals surface area contributed by atoms with Gasteiger partial charge >= 0.3 is 11.9 Å². The van der Waals surface area contributed by atoms with E-state index in [-0.39, 0.29) is 22.6 Å². The van der Waals surface area contributed by atoms with E-state index in [2.05, 4.69) is 0 Å². The van der Waals surface area contributed by atoms with E-state index < -0.39 is 11.9 Å². The van der Waals surface area contributed by atoms with Crippen LogP contribution in [0.1, 0.15) is 31.8 Å². The zero-order valence-electron chi connectivity index (χ0n) is 18.5. The lowest BCUT2D eigenvalue weighted by atomic mass is 10.00. The van der Waals surface area contributed by atoms with Gasteiger partial charge in [0.2, 0.25) is 0 Å². The predicted molar refractivity (Wildman–Crippen MR) is 131 cm³/mol. The van der Waals surface area contributed by atoms with Crippen molar-refractivity contribution in [1.82, 2.24) is 0 Å². The summed E-state index contributed by atoms with van der Waals surface area (Å²) < 4.78 is 11.4. The minimum absolute atomic E-state index is 0.0129. The molecule has 0 fully saturated rings. The Balaban J connectivity index is 1.57. The van der Waals surface area contributed by atoms with Crippen LogP contribution in [0.25, 0.3) is 0 Å². The molecular formula is C27H22N2O6. The molecule has 176 valence electrons. The highest BCUT2D eigenvalue weighted by Crippen LogP contribution is 2.30. The van der Waals surface area contributed by atoms with E-state index in [1.165, 1.54) is 12.1 Å². The van der Waals surface area contributed by atoms with Gasteiger partial charge in [-0.25, -0.2) is 9.59 Å². The predicted octanol–water partition coefficient (Wildman–Crippen LogP) is 5.42. The van der Waals surface area contributed by atoms with Crippen molar-refractivity contribution in [3.8, 4) is 23.0 Å². The number of hydrogen-bond acceptors (Lipinski definition) is 6. The number of nitrogen functional groups attached to an aromatic ring is 2. The minimum atomic E-state index is -1.14. The van der Waals surface area contributed by atoms with Crippen LogP contribution in [0.5, 0.6) is 23.0 Å². The van der Waals surface area contributed by atoms with Gasteiger partial charge in [-0.15, -0.1) is 0 Å². The Hall–Kier alpha value is -4.98. The van der Waals surface area contributed by atoms with Crippen LogP contribution in [-0.2, 0) is 6.42 Å². The first-order valence-electron chi connectivity index (χ1n) is 10.6. The van der Waals surface area contributed by atoms with Gasteiger partial charge in [-0.1, -0.05) is 12.1 Å². The number of nitrogens with two attached hydrogens (primary N) is 2. The average Bonchev–Trinajstić information content (AvgIpc) is 2.83. The average molecular weight is 470 g/mol. The van der Waals surface area contributed by atoms with E-state index in [4.69, 9.17) is 20.9 Å². The standard InChI is InChI=1S/C27H22N2O6/c28-18-3-7-20(8-4-18)34-24-11-1-16(14-22(24)26(30)31)13-17-2-12-25(23(15-17)27(32)33)35-21-9-5-19(29)6-10-21/h1-12,14-15H,13,28-29H2,(H,30,31)(H,32,33). The number of hydrogen-bond donors (Lipinski definition) is 4. The summed E-state index contributed by atoms with van der Waals surface area (Å²) in [5.74, 6) is -1.00. The first kappa shape index (κ1) is 23.2. The molecule has 0 aromatic heterocycles. The summed E-state index contributed by atoms with van der Waals surface area (Å²) in [5, 5.41) is 19.4. The number of anilines is 2. The SMILES string of the molecule is Nc1ccc(Oc2ccc(Cc3ccc(Oc4ccc(N)cc4)c(C(=O)O)c3)cc2C(=O)O)cc1. The fourth-order valence-electron chi connectivity index (χ4n) is 3.45. The van der Waals surface area contributed by atoms with Gasteiger partial charge in [0.15, 0.2) is 0 Å². The van der Waals surface area contributed by atoms with Crippen LogP contribution < -0.4 is 20.9 Å². The summed E-state index contributed by atoms with van der Waals surface area (Å²) in [7, 11) is 0. The summed E-state index contributed by atoms with van der Waals surface area (Å²) in [6.07, 6.45) is 0.310. The Kier molecular flexibility index (Phi) is 6.55. The van der Waals surface area contributed by atoms with Crippen LogP contribution in [0.15, 0.2) is 84.9 Å². The van der Waals surface area contributed by atoms with Crippen molar-refractivity contribution in [3.63, 3.8) is 0 Å². The molecule has 4 aromatic rings. The lowest BCUT2D eigenvalue weighted by Crippen LogP contribution is -2.04. The summed E-state index contributed by atoms with van der Waals surface area (Å²) in [6.45, 7) is 0. The van der Waals surface area contributed by atoms with Crippen molar-refractivity contribution < 1.29 is 29.3 Å². The zero-order valence-corrected chi connectivity index (χ0v) is 18.5. The van der Waals surface area contributed by atoms with Crippen LogP contribution in [0.3, 0.4) is 0 Å². The summed E-state index contributed by atoms with van der Waals surface area (Å²) >= 11 is 0. The molecule has 6 N–H and O–H groups in total. The molecule has 0 saturated heterocycles. The molecule has 8 nitrogen and oxygen atoms in total. The molecule has 0 amide bonds. The molecule has 0 atom stereocenters. The molecule has 0 aliphatic carbocycles. The van der Waals surface area contributed by atoms with Crippen molar-refractivity contribution >= 4 is 23.3 Å². The molecular weight excluding hydrogens is 448 g/mol. The second-order valence-corrected chi connectivity index (χ2v) is 7.79. The molecule has 4 rings (SSSR count). The Morgan fingerprint density at radius 1 is 0.600 bits per heavy atom. The maximum Gasteiger partial charge on any atom is 0.339 e. The maximum absolute atomic E-state index is 11.9. The Morgan fingerprint density at radius 3 is 1.31 bits per heavy atom. The molecule has 0 heterocycles. The lowest BCUT2D eigenvalue weighted by Gasteiger charge is -2.13. The smallest absolute Gasteiger partial charge is 0.339 e. The van der Waals surface area contributed by atoms with Gasteiger partial charge in [0.1, 0.15) is 34.1 Å². The van der Waals surface area contributed by atoms with Gasteiger partial charge in [0.05, 0.1) is 0 Å². The highest BCUT2D eigenvalue weighted by molar-refractivity contribution is 5.92. The van der Waals surface area contributed by atoms with Crippen LogP contribution in [-0.4, -0.2) is 22.2 Å². The molecule has 0 spiro atoms. The van der Waals surface area contributed by atoms with Gasteiger partial charge < -0.3 is 31.2 Å². The molecule has 8 heteroatoms. The van der Waals surface area contributed by atoms with E-state index in [9.17, 15) is 19.8 Å². The fourth-order valence-corrected chi connectivity index (χ4v) is 3.45. The quantitative estimate of drug-likeness (QED) is 0.250. The number of carboxylic acid groups (broad SMARTS) is 2. The first-order valence-corrected chi connectivity index (χ1v) is 10.6. The second kappa shape index (κ2) is 9.88. The Labute approximate surface area is 201 Å². The largest absolute Gasteiger partial charge is 0.478 e. The number of rotatable bonds is 8. The highest BCUT2D eigenvalue weighted by atomic mass is 16.5. The van der Waals surface area contributed by atoms with Gasteiger partial charge in [0, 0.05) is 11.4 Å². The topological polar surface area (TPSA) is 145 Å².